The van der Waals surface area contributed by atoms with Gasteiger partial charge in [0.15, 0.2) is 13.1 Å². The van der Waals surface area contributed by atoms with Gasteiger partial charge in [-0.2, -0.15) is 0 Å². The molecule has 0 aliphatic carbocycles. The highest BCUT2D eigenvalue weighted by molar-refractivity contribution is 9.10. The maximum absolute atomic E-state index is 12.0. The lowest BCUT2D eigenvalue weighted by molar-refractivity contribution is -0.633. The van der Waals surface area contributed by atoms with Gasteiger partial charge in [-0.05, 0) is 24.3 Å². The number of hydrogen-bond donors (Lipinski definition) is 2. The van der Waals surface area contributed by atoms with E-state index in [4.69, 9.17) is 4.42 Å². The monoisotopic (exact) mass is 394 g/mol. The molecule has 7 heteroatoms. The highest BCUT2D eigenvalue weighted by atomic mass is 79.9. The Morgan fingerprint density at radius 2 is 1.88 bits per heavy atom. The number of nitrogens with two attached hydrogens (primary N) is 1. The molecule has 6 nitrogen and oxygen atoms in total. The van der Waals surface area contributed by atoms with Gasteiger partial charge in [-0.1, -0.05) is 28.1 Å². The number of carbonyl (C=O) groups is 2. The van der Waals surface area contributed by atoms with Crippen LogP contribution in [0.4, 0.5) is 0 Å². The molecule has 3 N–H and O–H groups in total. The van der Waals surface area contributed by atoms with Crippen molar-refractivity contribution in [3.8, 4) is 11.3 Å². The second kappa shape index (κ2) is 8.65. The number of amides is 2. The smallest absolute Gasteiger partial charge is 0.277 e. The molecule has 1 heterocycles. The summed E-state index contributed by atoms with van der Waals surface area (Å²) in [5, 5.41) is 4.19. The fourth-order valence-corrected chi connectivity index (χ4v) is 2.40. The SMILES string of the molecule is CNC(=O)C[NH2+]CC(=O)N(C)Cc1ccc(-c2ccc(Br)cc2)o1. The van der Waals surface area contributed by atoms with Crippen molar-refractivity contribution in [2.24, 2.45) is 0 Å². The molecule has 2 aromatic rings. The van der Waals surface area contributed by atoms with Crippen LogP contribution in [0.3, 0.4) is 0 Å². The van der Waals surface area contributed by atoms with Crippen LogP contribution in [-0.2, 0) is 16.1 Å². The van der Waals surface area contributed by atoms with Crippen molar-refractivity contribution in [1.29, 1.82) is 0 Å². The van der Waals surface area contributed by atoms with Gasteiger partial charge in [0.05, 0.1) is 6.54 Å². The molecular formula is C17H21BrN3O3+. The number of rotatable bonds is 7. The molecule has 2 amide bonds. The van der Waals surface area contributed by atoms with Gasteiger partial charge in [-0.3, -0.25) is 9.59 Å². The Labute approximate surface area is 149 Å². The van der Waals surface area contributed by atoms with Gasteiger partial charge in [-0.25, -0.2) is 0 Å². The first-order valence-corrected chi connectivity index (χ1v) is 8.39. The summed E-state index contributed by atoms with van der Waals surface area (Å²) in [6, 6.07) is 11.6. The third-order valence-corrected chi connectivity index (χ3v) is 4.07. The summed E-state index contributed by atoms with van der Waals surface area (Å²) in [6.45, 7) is 0.859. The predicted molar refractivity (Wildman–Crippen MR) is 94.0 cm³/mol. The second-order valence-corrected chi connectivity index (χ2v) is 6.31. The molecule has 0 aliphatic heterocycles. The van der Waals surface area contributed by atoms with Crippen LogP contribution in [0, 0.1) is 0 Å². The van der Waals surface area contributed by atoms with E-state index in [1.54, 1.807) is 24.3 Å². The summed E-state index contributed by atoms with van der Waals surface area (Å²) in [4.78, 5) is 24.8. The van der Waals surface area contributed by atoms with Gasteiger partial charge < -0.3 is 20.0 Å². The van der Waals surface area contributed by atoms with Crippen molar-refractivity contribution in [2.45, 2.75) is 6.54 Å². The van der Waals surface area contributed by atoms with Crippen LogP contribution in [0.15, 0.2) is 45.3 Å². The van der Waals surface area contributed by atoms with Crippen LogP contribution in [0.1, 0.15) is 5.76 Å². The lowest BCUT2D eigenvalue weighted by Gasteiger charge is -2.14. The number of benzene rings is 1. The van der Waals surface area contributed by atoms with Gasteiger partial charge in [0.1, 0.15) is 11.5 Å². The Hall–Kier alpha value is -2.12. The molecule has 0 saturated heterocycles. The van der Waals surface area contributed by atoms with E-state index in [9.17, 15) is 9.59 Å². The number of hydrogen-bond acceptors (Lipinski definition) is 3. The highest BCUT2D eigenvalue weighted by Crippen LogP contribution is 2.24. The third-order valence-electron chi connectivity index (χ3n) is 3.54. The predicted octanol–water partition coefficient (Wildman–Crippen LogP) is 0.977. The highest BCUT2D eigenvalue weighted by Gasteiger charge is 2.14. The summed E-state index contributed by atoms with van der Waals surface area (Å²) >= 11 is 3.40. The second-order valence-electron chi connectivity index (χ2n) is 5.39. The molecule has 2 rings (SSSR count). The average Bonchev–Trinajstić information content (AvgIpc) is 3.03. The first-order valence-electron chi connectivity index (χ1n) is 7.60. The maximum atomic E-state index is 12.0. The van der Waals surface area contributed by atoms with Crippen LogP contribution < -0.4 is 10.6 Å². The fraction of sp³-hybridized carbons (Fsp3) is 0.294. The molecule has 0 fully saturated rings. The minimum Gasteiger partial charge on any atom is -0.459 e. The number of carbonyl (C=O) groups excluding carboxylic acids is 2. The number of nitrogens with one attached hydrogen (secondary N) is 1. The molecule has 0 bridgehead atoms. The Kier molecular flexibility index (Phi) is 6.57. The summed E-state index contributed by atoms with van der Waals surface area (Å²) in [7, 11) is 3.29. The van der Waals surface area contributed by atoms with E-state index in [1.807, 2.05) is 36.4 Å². The third kappa shape index (κ3) is 5.21. The molecule has 0 saturated carbocycles. The number of quaternary nitrogens is 1. The standard InChI is InChI=1S/C17H20BrN3O3/c1-19-16(22)9-20-10-17(23)21(2)11-14-7-8-15(24-14)12-3-5-13(18)6-4-12/h3-8,20H,9-11H2,1-2H3,(H,19,22)/p+1. The molecule has 1 aromatic carbocycles. The molecule has 24 heavy (non-hydrogen) atoms. The van der Waals surface area contributed by atoms with Gasteiger partial charge in [0, 0.05) is 24.1 Å². The summed E-state index contributed by atoms with van der Waals surface area (Å²) in [5.74, 6) is 1.33. The van der Waals surface area contributed by atoms with Crippen molar-refractivity contribution in [3.63, 3.8) is 0 Å². The first kappa shape index (κ1) is 18.2. The maximum Gasteiger partial charge on any atom is 0.277 e. The molecular weight excluding hydrogens is 374 g/mol. The lowest BCUT2D eigenvalue weighted by atomic mass is 10.2. The van der Waals surface area contributed by atoms with Crippen LogP contribution in [-0.4, -0.2) is 43.9 Å². The topological polar surface area (TPSA) is 79.2 Å². The average molecular weight is 395 g/mol. The van der Waals surface area contributed by atoms with E-state index >= 15 is 0 Å². The zero-order valence-corrected chi connectivity index (χ0v) is 15.3. The molecule has 0 unspecified atom stereocenters. The first-order chi connectivity index (χ1) is 11.5. The van der Waals surface area contributed by atoms with Crippen molar-refractivity contribution in [2.75, 3.05) is 27.2 Å². The number of halogens is 1. The van der Waals surface area contributed by atoms with E-state index in [0.717, 1.165) is 21.6 Å². The van der Waals surface area contributed by atoms with Gasteiger partial charge in [0.2, 0.25) is 0 Å². The van der Waals surface area contributed by atoms with Crippen LogP contribution in [0.25, 0.3) is 11.3 Å². The van der Waals surface area contributed by atoms with Crippen LogP contribution in [0.2, 0.25) is 0 Å². The molecule has 128 valence electrons. The quantitative estimate of drug-likeness (QED) is 0.734. The summed E-state index contributed by atoms with van der Waals surface area (Å²) in [6.07, 6.45) is 0. The van der Waals surface area contributed by atoms with Crippen molar-refractivity contribution >= 4 is 27.7 Å². The van der Waals surface area contributed by atoms with E-state index in [2.05, 4.69) is 21.2 Å². The summed E-state index contributed by atoms with van der Waals surface area (Å²) < 4.78 is 6.82. The van der Waals surface area contributed by atoms with Gasteiger partial charge >= 0.3 is 0 Å². The molecule has 0 atom stereocenters. The minimum absolute atomic E-state index is 0.0551. The zero-order chi connectivity index (χ0) is 17.5. The van der Waals surface area contributed by atoms with E-state index < -0.39 is 0 Å². The Balaban J connectivity index is 1.88. The number of nitrogens with zero attached hydrogens (tertiary/aromatic N) is 1. The molecule has 0 aliphatic rings. The van der Waals surface area contributed by atoms with Crippen molar-refractivity contribution in [1.82, 2.24) is 10.2 Å². The Morgan fingerprint density at radius 1 is 1.17 bits per heavy atom. The normalized spacial score (nSPS) is 10.5. The number of furan rings is 1. The zero-order valence-electron chi connectivity index (χ0n) is 13.7. The summed E-state index contributed by atoms with van der Waals surface area (Å²) in [5.41, 5.74) is 0.984. The van der Waals surface area contributed by atoms with Gasteiger partial charge in [0.25, 0.3) is 11.8 Å². The van der Waals surface area contributed by atoms with Gasteiger partial charge in [-0.15, -0.1) is 0 Å². The molecule has 0 spiro atoms. The molecule has 1 aromatic heterocycles. The van der Waals surface area contributed by atoms with E-state index in [0.29, 0.717) is 6.54 Å². The van der Waals surface area contributed by atoms with Crippen molar-refractivity contribution in [3.05, 3.63) is 46.6 Å². The van der Waals surface area contributed by atoms with E-state index in [-0.39, 0.29) is 24.9 Å². The fourth-order valence-electron chi connectivity index (χ4n) is 2.14. The van der Waals surface area contributed by atoms with Crippen molar-refractivity contribution < 1.29 is 19.3 Å². The largest absolute Gasteiger partial charge is 0.459 e. The Morgan fingerprint density at radius 3 is 2.54 bits per heavy atom. The Bertz CT molecular complexity index is 697. The lowest BCUT2D eigenvalue weighted by Crippen LogP contribution is -2.88. The minimum atomic E-state index is -0.101. The molecule has 0 radical (unpaired) electrons. The van der Waals surface area contributed by atoms with E-state index in [1.165, 1.54) is 0 Å². The number of likely N-dealkylation sites (N-methyl/N-ethyl adjacent to an activating group) is 2. The van der Waals surface area contributed by atoms with Crippen LogP contribution >= 0.6 is 15.9 Å². The van der Waals surface area contributed by atoms with Crippen LogP contribution in [0.5, 0.6) is 0 Å².